The molecule has 0 aliphatic heterocycles. The topological polar surface area (TPSA) is 12.0 Å². The van der Waals surface area contributed by atoms with Crippen LogP contribution in [0.5, 0.6) is 0 Å². The van der Waals surface area contributed by atoms with Crippen molar-refractivity contribution in [2.24, 2.45) is 5.92 Å². The number of nitrogens with one attached hydrogen (secondary N) is 1. The minimum Gasteiger partial charge on any atom is -0.316 e. The molecule has 2 rings (SSSR count). The summed E-state index contributed by atoms with van der Waals surface area (Å²) in [5.41, 5.74) is 1.89. The first-order valence-corrected chi connectivity index (χ1v) is 7.49. The SMILES string of the molecule is CCCNCC1(c2ccccc2Br)CC1CC. The largest absolute Gasteiger partial charge is 0.316 e. The summed E-state index contributed by atoms with van der Waals surface area (Å²) in [5, 5.41) is 3.61. The van der Waals surface area contributed by atoms with Gasteiger partial charge in [-0.25, -0.2) is 0 Å². The fourth-order valence-electron chi connectivity index (χ4n) is 2.91. The summed E-state index contributed by atoms with van der Waals surface area (Å²) in [6, 6.07) is 8.71. The van der Waals surface area contributed by atoms with Gasteiger partial charge in [-0.05, 0) is 36.9 Å². The van der Waals surface area contributed by atoms with Gasteiger partial charge >= 0.3 is 0 Å². The van der Waals surface area contributed by atoms with Crippen LogP contribution >= 0.6 is 15.9 Å². The van der Waals surface area contributed by atoms with Gasteiger partial charge < -0.3 is 5.32 Å². The third-order valence-electron chi connectivity index (χ3n) is 4.00. The van der Waals surface area contributed by atoms with Crippen LogP contribution in [-0.4, -0.2) is 13.1 Å². The molecule has 0 heterocycles. The molecule has 1 fully saturated rings. The van der Waals surface area contributed by atoms with Gasteiger partial charge in [-0.1, -0.05) is 54.4 Å². The van der Waals surface area contributed by atoms with Crippen molar-refractivity contribution in [3.05, 3.63) is 34.3 Å². The lowest BCUT2D eigenvalue weighted by atomic mass is 9.92. The summed E-state index contributed by atoms with van der Waals surface area (Å²) in [5.74, 6) is 0.852. The Morgan fingerprint density at radius 2 is 2.12 bits per heavy atom. The average Bonchev–Trinajstić information content (AvgIpc) is 3.05. The molecule has 1 aliphatic rings. The first-order valence-electron chi connectivity index (χ1n) is 6.70. The molecule has 1 aromatic rings. The minimum absolute atomic E-state index is 0.393. The fourth-order valence-corrected chi connectivity index (χ4v) is 3.59. The Morgan fingerprint density at radius 1 is 1.35 bits per heavy atom. The van der Waals surface area contributed by atoms with Crippen LogP contribution in [0.1, 0.15) is 38.7 Å². The van der Waals surface area contributed by atoms with Crippen LogP contribution < -0.4 is 5.32 Å². The first-order chi connectivity index (χ1) is 8.24. The Morgan fingerprint density at radius 3 is 2.71 bits per heavy atom. The summed E-state index contributed by atoms with van der Waals surface area (Å²) in [7, 11) is 0. The highest BCUT2D eigenvalue weighted by Crippen LogP contribution is 2.57. The molecular formula is C15H22BrN. The number of benzene rings is 1. The Hall–Kier alpha value is -0.340. The third kappa shape index (κ3) is 2.58. The molecule has 94 valence electrons. The molecule has 2 heteroatoms. The summed E-state index contributed by atoms with van der Waals surface area (Å²) in [4.78, 5) is 0. The van der Waals surface area contributed by atoms with Crippen molar-refractivity contribution in [2.45, 2.75) is 38.5 Å². The zero-order chi connectivity index (χ0) is 12.3. The monoisotopic (exact) mass is 295 g/mol. The van der Waals surface area contributed by atoms with Gasteiger partial charge in [-0.15, -0.1) is 0 Å². The Balaban J connectivity index is 2.16. The summed E-state index contributed by atoms with van der Waals surface area (Å²) < 4.78 is 1.27. The van der Waals surface area contributed by atoms with Crippen LogP contribution in [0.15, 0.2) is 28.7 Å². The molecule has 1 aliphatic carbocycles. The maximum Gasteiger partial charge on any atom is 0.0213 e. The van der Waals surface area contributed by atoms with Crippen LogP contribution in [0.4, 0.5) is 0 Å². The number of rotatable bonds is 6. The molecule has 1 aromatic carbocycles. The summed E-state index contributed by atoms with van der Waals surface area (Å²) >= 11 is 3.71. The van der Waals surface area contributed by atoms with Gasteiger partial charge in [-0.2, -0.15) is 0 Å². The molecule has 2 atom stereocenters. The van der Waals surface area contributed by atoms with Crippen LogP contribution in [0.2, 0.25) is 0 Å². The Kier molecular flexibility index (Phi) is 4.26. The molecule has 17 heavy (non-hydrogen) atoms. The van der Waals surface area contributed by atoms with Gasteiger partial charge in [0, 0.05) is 16.4 Å². The lowest BCUT2D eigenvalue weighted by Gasteiger charge is -2.20. The molecular weight excluding hydrogens is 274 g/mol. The quantitative estimate of drug-likeness (QED) is 0.779. The van der Waals surface area contributed by atoms with E-state index in [-0.39, 0.29) is 0 Å². The van der Waals surface area contributed by atoms with Gasteiger partial charge in [0.25, 0.3) is 0 Å². The van der Waals surface area contributed by atoms with Gasteiger partial charge in [0.1, 0.15) is 0 Å². The third-order valence-corrected chi connectivity index (χ3v) is 4.69. The molecule has 0 amide bonds. The van der Waals surface area contributed by atoms with Gasteiger partial charge in [0.15, 0.2) is 0 Å². The number of hydrogen-bond donors (Lipinski definition) is 1. The van der Waals surface area contributed by atoms with E-state index in [0.29, 0.717) is 5.41 Å². The van der Waals surface area contributed by atoms with Crippen molar-refractivity contribution in [1.29, 1.82) is 0 Å². The Bertz CT molecular complexity index is 377. The molecule has 1 N–H and O–H groups in total. The molecule has 0 radical (unpaired) electrons. The average molecular weight is 296 g/mol. The van der Waals surface area contributed by atoms with Crippen LogP contribution in [0.25, 0.3) is 0 Å². The molecule has 2 unspecified atom stereocenters. The van der Waals surface area contributed by atoms with Gasteiger partial charge in [0.05, 0.1) is 0 Å². The van der Waals surface area contributed by atoms with E-state index in [1.807, 2.05) is 0 Å². The lowest BCUT2D eigenvalue weighted by Crippen LogP contribution is -2.29. The second kappa shape index (κ2) is 5.53. The second-order valence-electron chi connectivity index (χ2n) is 5.12. The standard InChI is InChI=1S/C15H22BrN/c1-3-9-17-11-15(10-12(15)4-2)13-7-5-6-8-14(13)16/h5-8,12,17H,3-4,9-11H2,1-2H3. The van der Waals surface area contributed by atoms with E-state index in [1.165, 1.54) is 29.3 Å². The van der Waals surface area contributed by atoms with E-state index in [2.05, 4.69) is 59.4 Å². The van der Waals surface area contributed by atoms with Crippen molar-refractivity contribution in [3.8, 4) is 0 Å². The number of hydrogen-bond acceptors (Lipinski definition) is 1. The normalized spacial score (nSPS) is 27.1. The van der Waals surface area contributed by atoms with Gasteiger partial charge in [-0.3, -0.25) is 0 Å². The molecule has 0 bridgehead atoms. The van der Waals surface area contributed by atoms with Crippen molar-refractivity contribution < 1.29 is 0 Å². The molecule has 0 spiro atoms. The van der Waals surface area contributed by atoms with Crippen LogP contribution in [0, 0.1) is 5.92 Å². The highest BCUT2D eigenvalue weighted by Gasteiger charge is 2.54. The molecule has 0 aromatic heterocycles. The van der Waals surface area contributed by atoms with Crippen LogP contribution in [0.3, 0.4) is 0 Å². The summed E-state index contributed by atoms with van der Waals surface area (Å²) in [6.07, 6.45) is 3.83. The zero-order valence-corrected chi connectivity index (χ0v) is 12.4. The molecule has 1 nitrogen and oxygen atoms in total. The number of halogens is 1. The van der Waals surface area contributed by atoms with E-state index >= 15 is 0 Å². The second-order valence-corrected chi connectivity index (χ2v) is 5.98. The first kappa shape index (κ1) is 13.1. The zero-order valence-electron chi connectivity index (χ0n) is 10.8. The predicted molar refractivity (Wildman–Crippen MR) is 77.4 cm³/mol. The lowest BCUT2D eigenvalue weighted by molar-refractivity contribution is 0.521. The highest BCUT2D eigenvalue weighted by atomic mass is 79.9. The van der Waals surface area contributed by atoms with Crippen molar-refractivity contribution in [1.82, 2.24) is 5.32 Å². The predicted octanol–water partition coefficient (Wildman–Crippen LogP) is 4.12. The Labute approximate surface area is 113 Å². The van der Waals surface area contributed by atoms with Crippen LogP contribution in [-0.2, 0) is 5.41 Å². The van der Waals surface area contributed by atoms with E-state index < -0.39 is 0 Å². The van der Waals surface area contributed by atoms with Crippen molar-refractivity contribution in [2.75, 3.05) is 13.1 Å². The minimum atomic E-state index is 0.393. The van der Waals surface area contributed by atoms with E-state index in [0.717, 1.165) is 19.0 Å². The fraction of sp³-hybridized carbons (Fsp3) is 0.600. The maximum absolute atomic E-state index is 3.71. The van der Waals surface area contributed by atoms with Crippen molar-refractivity contribution in [3.63, 3.8) is 0 Å². The van der Waals surface area contributed by atoms with E-state index in [9.17, 15) is 0 Å². The molecule has 0 saturated heterocycles. The van der Waals surface area contributed by atoms with Crippen molar-refractivity contribution >= 4 is 15.9 Å². The summed E-state index contributed by atoms with van der Waals surface area (Å²) in [6.45, 7) is 6.79. The van der Waals surface area contributed by atoms with E-state index in [4.69, 9.17) is 0 Å². The highest BCUT2D eigenvalue weighted by molar-refractivity contribution is 9.10. The van der Waals surface area contributed by atoms with E-state index in [1.54, 1.807) is 0 Å². The van der Waals surface area contributed by atoms with Gasteiger partial charge in [0.2, 0.25) is 0 Å². The molecule has 1 saturated carbocycles. The smallest absolute Gasteiger partial charge is 0.0213 e. The maximum atomic E-state index is 3.71.